The molecule has 8 nitrogen and oxygen atoms in total. The van der Waals surface area contributed by atoms with Crippen molar-refractivity contribution < 1.29 is 4.79 Å². The zero-order valence-electron chi connectivity index (χ0n) is 20.2. The van der Waals surface area contributed by atoms with E-state index in [4.69, 9.17) is 0 Å². The van der Waals surface area contributed by atoms with E-state index in [0.29, 0.717) is 31.7 Å². The van der Waals surface area contributed by atoms with Crippen molar-refractivity contribution in [2.45, 2.75) is 45.4 Å². The number of carbonyl (C=O) groups excluding carboxylic acids is 1. The van der Waals surface area contributed by atoms with Crippen LogP contribution in [-0.2, 0) is 13.1 Å². The van der Waals surface area contributed by atoms with Crippen molar-refractivity contribution in [1.82, 2.24) is 35.5 Å². The molecule has 8 heteroatoms. The maximum Gasteiger partial charge on any atom is 0.256 e. The third kappa shape index (κ3) is 4.94. The van der Waals surface area contributed by atoms with Crippen LogP contribution in [0.3, 0.4) is 0 Å². The van der Waals surface area contributed by atoms with E-state index in [1.165, 1.54) is 0 Å². The number of piperidine rings is 1. The van der Waals surface area contributed by atoms with Crippen molar-refractivity contribution in [2.24, 2.45) is 0 Å². The van der Waals surface area contributed by atoms with Gasteiger partial charge in [-0.2, -0.15) is 0 Å². The van der Waals surface area contributed by atoms with E-state index in [0.717, 1.165) is 46.4 Å². The van der Waals surface area contributed by atoms with Gasteiger partial charge >= 0.3 is 0 Å². The fourth-order valence-electron chi connectivity index (χ4n) is 4.73. The molecule has 4 aromatic rings. The molecule has 0 spiro atoms. The molecule has 35 heavy (non-hydrogen) atoms. The highest BCUT2D eigenvalue weighted by Crippen LogP contribution is 2.25. The van der Waals surface area contributed by atoms with Crippen LogP contribution in [-0.4, -0.2) is 49.5 Å². The van der Waals surface area contributed by atoms with Gasteiger partial charge in [0.15, 0.2) is 0 Å². The number of imidazole rings is 1. The number of hydrogen-bond acceptors (Lipinski definition) is 6. The van der Waals surface area contributed by atoms with Crippen LogP contribution < -0.4 is 10.6 Å². The van der Waals surface area contributed by atoms with Crippen LogP contribution in [0.4, 0.5) is 0 Å². The van der Waals surface area contributed by atoms with E-state index >= 15 is 0 Å². The van der Waals surface area contributed by atoms with Crippen molar-refractivity contribution in [3.05, 3.63) is 89.3 Å². The Hall–Kier alpha value is -3.62. The van der Waals surface area contributed by atoms with Crippen LogP contribution in [0.1, 0.15) is 45.7 Å². The minimum Gasteiger partial charge on any atom is -0.345 e. The molecule has 0 unspecified atom stereocenters. The number of benzene rings is 1. The number of nitrogens with zero attached hydrogens (tertiary/aromatic N) is 4. The first-order valence-corrected chi connectivity index (χ1v) is 12.1. The number of aryl methyl sites for hydroxylation is 2. The molecule has 0 saturated carbocycles. The number of para-hydroxylation sites is 1. The molecule has 0 bridgehead atoms. The second kappa shape index (κ2) is 9.93. The fourth-order valence-corrected chi connectivity index (χ4v) is 4.73. The molecular weight excluding hydrogens is 438 g/mol. The van der Waals surface area contributed by atoms with Crippen molar-refractivity contribution in [3.63, 3.8) is 0 Å². The number of nitrogens with one attached hydrogen (secondary N) is 3. The van der Waals surface area contributed by atoms with Gasteiger partial charge in [0.2, 0.25) is 0 Å². The molecule has 1 aromatic carbocycles. The molecule has 1 aliphatic heterocycles. The summed E-state index contributed by atoms with van der Waals surface area (Å²) in [6.45, 7) is 6.75. The van der Waals surface area contributed by atoms with Gasteiger partial charge in [-0.05, 0) is 62.1 Å². The van der Waals surface area contributed by atoms with Gasteiger partial charge in [0, 0.05) is 38.6 Å². The Kier molecular flexibility index (Phi) is 6.57. The molecular formula is C27H31N7O. The maximum absolute atomic E-state index is 13.4. The van der Waals surface area contributed by atoms with E-state index in [1.807, 2.05) is 47.6 Å². The molecule has 3 aromatic heterocycles. The van der Waals surface area contributed by atoms with E-state index in [9.17, 15) is 4.79 Å². The zero-order chi connectivity index (χ0) is 24.3. The SMILES string of the molecule is Cc1cccnc1CNC1(NCc2ncccc2C)CCN(C(=O)c2cccc3[nH]cnc23)CC1. The van der Waals surface area contributed by atoms with Crippen LogP contribution >= 0.6 is 0 Å². The molecule has 0 aliphatic carbocycles. The lowest BCUT2D eigenvalue weighted by atomic mass is 9.95. The summed E-state index contributed by atoms with van der Waals surface area (Å²) in [5.41, 5.74) is 6.31. The number of carbonyl (C=O) groups is 1. The fraction of sp³-hybridized carbons (Fsp3) is 0.333. The molecule has 1 amide bonds. The summed E-state index contributed by atoms with van der Waals surface area (Å²) in [5.74, 6) is 0.0254. The summed E-state index contributed by atoms with van der Waals surface area (Å²) in [7, 11) is 0. The molecule has 0 radical (unpaired) electrons. The predicted molar refractivity (Wildman–Crippen MR) is 136 cm³/mol. The summed E-state index contributed by atoms with van der Waals surface area (Å²) in [6.07, 6.45) is 6.84. The number of aromatic nitrogens is 4. The number of hydrogen-bond donors (Lipinski definition) is 3. The van der Waals surface area contributed by atoms with Gasteiger partial charge < -0.3 is 9.88 Å². The quantitative estimate of drug-likeness (QED) is 0.359. The molecule has 180 valence electrons. The first-order chi connectivity index (χ1) is 17.0. The lowest BCUT2D eigenvalue weighted by Gasteiger charge is -2.43. The third-order valence-corrected chi connectivity index (χ3v) is 7.01. The number of pyridine rings is 2. The number of likely N-dealkylation sites (tertiary alicyclic amines) is 1. The number of amides is 1. The average Bonchev–Trinajstić information content (AvgIpc) is 3.37. The Morgan fingerprint density at radius 2 is 1.54 bits per heavy atom. The van der Waals surface area contributed by atoms with Gasteiger partial charge in [0.1, 0.15) is 5.52 Å². The highest BCUT2D eigenvalue weighted by molar-refractivity contribution is 6.04. The summed E-state index contributed by atoms with van der Waals surface area (Å²) in [6, 6.07) is 13.8. The van der Waals surface area contributed by atoms with Gasteiger partial charge in [0.25, 0.3) is 5.91 Å². The minimum atomic E-state index is -0.330. The summed E-state index contributed by atoms with van der Waals surface area (Å²) in [4.78, 5) is 31.9. The summed E-state index contributed by atoms with van der Waals surface area (Å²) < 4.78 is 0. The van der Waals surface area contributed by atoms with E-state index in [-0.39, 0.29) is 11.6 Å². The van der Waals surface area contributed by atoms with Crippen LogP contribution in [0.25, 0.3) is 11.0 Å². The van der Waals surface area contributed by atoms with Gasteiger partial charge in [-0.25, -0.2) is 4.98 Å². The van der Waals surface area contributed by atoms with Crippen molar-refractivity contribution in [2.75, 3.05) is 13.1 Å². The Bertz CT molecular complexity index is 1270. The zero-order valence-corrected chi connectivity index (χ0v) is 20.2. The second-order valence-corrected chi connectivity index (χ2v) is 9.22. The third-order valence-electron chi connectivity index (χ3n) is 7.01. The second-order valence-electron chi connectivity index (χ2n) is 9.22. The first kappa shape index (κ1) is 23.1. The van der Waals surface area contributed by atoms with Crippen molar-refractivity contribution in [1.29, 1.82) is 0 Å². The molecule has 0 atom stereocenters. The first-order valence-electron chi connectivity index (χ1n) is 12.1. The molecule has 5 rings (SSSR count). The highest BCUT2D eigenvalue weighted by Gasteiger charge is 2.36. The maximum atomic E-state index is 13.4. The van der Waals surface area contributed by atoms with E-state index < -0.39 is 0 Å². The van der Waals surface area contributed by atoms with E-state index in [1.54, 1.807) is 6.33 Å². The molecule has 1 fully saturated rings. The van der Waals surface area contributed by atoms with Crippen LogP contribution in [0.2, 0.25) is 0 Å². The van der Waals surface area contributed by atoms with Crippen LogP contribution in [0.15, 0.2) is 61.2 Å². The Morgan fingerprint density at radius 1 is 0.914 bits per heavy atom. The average molecular weight is 470 g/mol. The number of H-pyrrole nitrogens is 1. The Morgan fingerprint density at radius 3 is 2.14 bits per heavy atom. The molecule has 1 aliphatic rings. The van der Waals surface area contributed by atoms with Crippen LogP contribution in [0, 0.1) is 13.8 Å². The van der Waals surface area contributed by atoms with Crippen molar-refractivity contribution in [3.8, 4) is 0 Å². The van der Waals surface area contributed by atoms with Gasteiger partial charge in [0.05, 0.1) is 34.5 Å². The minimum absolute atomic E-state index is 0.0254. The van der Waals surface area contributed by atoms with Gasteiger partial charge in [-0.15, -0.1) is 0 Å². The standard InChI is InChI=1S/C27H31N7O/c1-19-6-4-12-28-23(19)16-32-27(33-17-24-20(2)7-5-13-29-24)10-14-34(15-11-27)26(35)21-8-3-9-22-25(21)31-18-30-22/h3-9,12-13,18,32-33H,10-11,14-17H2,1-2H3,(H,30,31). The smallest absolute Gasteiger partial charge is 0.256 e. The normalized spacial score (nSPS) is 15.4. The summed E-state index contributed by atoms with van der Waals surface area (Å²) in [5, 5.41) is 7.50. The topological polar surface area (TPSA) is 98.8 Å². The Labute approximate surface area is 205 Å². The monoisotopic (exact) mass is 469 g/mol. The number of rotatable bonds is 7. The predicted octanol–water partition coefficient (Wildman–Crippen LogP) is 3.48. The highest BCUT2D eigenvalue weighted by atomic mass is 16.2. The lowest BCUT2D eigenvalue weighted by molar-refractivity contribution is 0.0591. The molecule has 4 heterocycles. The number of fused-ring (bicyclic) bond motifs is 1. The van der Waals surface area contributed by atoms with Gasteiger partial charge in [-0.1, -0.05) is 18.2 Å². The molecule has 3 N–H and O–H groups in total. The molecule has 1 saturated heterocycles. The number of aromatic amines is 1. The Balaban J connectivity index is 1.32. The van der Waals surface area contributed by atoms with Gasteiger partial charge in [-0.3, -0.25) is 25.4 Å². The van der Waals surface area contributed by atoms with Crippen LogP contribution in [0.5, 0.6) is 0 Å². The summed E-state index contributed by atoms with van der Waals surface area (Å²) >= 11 is 0. The van der Waals surface area contributed by atoms with Crippen molar-refractivity contribution >= 4 is 16.9 Å². The van der Waals surface area contributed by atoms with E-state index in [2.05, 4.69) is 56.5 Å². The lowest BCUT2D eigenvalue weighted by Crippen LogP contribution is -2.62. The largest absolute Gasteiger partial charge is 0.345 e.